The maximum atomic E-state index is 5.80. The second-order valence-electron chi connectivity index (χ2n) is 5.27. The molecule has 2 aliphatic rings. The third kappa shape index (κ3) is 2.21. The number of nitrogens with one attached hydrogen (secondary N) is 1. The Labute approximate surface area is 93.8 Å². The lowest BCUT2D eigenvalue weighted by Crippen LogP contribution is -2.57. The maximum Gasteiger partial charge on any atom is 0.0831 e. The van der Waals surface area contributed by atoms with E-state index < -0.39 is 0 Å². The van der Waals surface area contributed by atoms with Gasteiger partial charge in [-0.15, -0.1) is 0 Å². The van der Waals surface area contributed by atoms with E-state index in [-0.39, 0.29) is 5.60 Å². The van der Waals surface area contributed by atoms with E-state index in [9.17, 15) is 0 Å². The Morgan fingerprint density at radius 1 is 1.33 bits per heavy atom. The molecule has 1 N–H and O–H groups in total. The molecule has 0 spiro atoms. The van der Waals surface area contributed by atoms with Crippen LogP contribution < -0.4 is 5.32 Å². The molecule has 1 unspecified atom stereocenters. The second-order valence-corrected chi connectivity index (χ2v) is 5.27. The molecule has 2 heteroatoms. The van der Waals surface area contributed by atoms with Crippen molar-refractivity contribution in [2.24, 2.45) is 5.92 Å². The second kappa shape index (κ2) is 4.84. The van der Waals surface area contributed by atoms with E-state index in [1.54, 1.807) is 0 Å². The van der Waals surface area contributed by atoms with Crippen LogP contribution in [0.1, 0.15) is 51.9 Å². The first kappa shape index (κ1) is 11.4. The van der Waals surface area contributed by atoms with Gasteiger partial charge >= 0.3 is 0 Å². The highest BCUT2D eigenvalue weighted by Crippen LogP contribution is 2.42. The van der Waals surface area contributed by atoms with Crippen molar-refractivity contribution in [2.75, 3.05) is 13.7 Å². The predicted molar refractivity (Wildman–Crippen MR) is 63.0 cm³/mol. The molecule has 0 heterocycles. The molecule has 2 rings (SSSR count). The lowest BCUT2D eigenvalue weighted by molar-refractivity contribution is -0.104. The molecule has 0 aromatic rings. The molecule has 0 aromatic carbocycles. The number of likely N-dealkylation sites (N-methyl/N-ethyl adjacent to an activating group) is 1. The minimum Gasteiger partial charge on any atom is -0.377 e. The summed E-state index contributed by atoms with van der Waals surface area (Å²) in [6.45, 7) is 3.28. The van der Waals surface area contributed by atoms with Gasteiger partial charge in [0.25, 0.3) is 0 Å². The van der Waals surface area contributed by atoms with Crippen LogP contribution in [0.15, 0.2) is 0 Å². The molecule has 0 radical (unpaired) electrons. The first-order valence-corrected chi connectivity index (χ1v) is 6.59. The number of rotatable bonds is 6. The molecular formula is C13H25NO. The van der Waals surface area contributed by atoms with Gasteiger partial charge in [-0.3, -0.25) is 0 Å². The molecule has 0 saturated heterocycles. The lowest BCUT2D eigenvalue weighted by Gasteiger charge is -2.48. The standard InChI is InChI=1S/C13H25NO/c1-3-14-12(10-11-6-4-7-11)13(15-2)8-5-9-13/h11-12,14H,3-10H2,1-2H3. The average Bonchev–Trinajstić information content (AvgIpc) is 2.10. The van der Waals surface area contributed by atoms with E-state index in [0.717, 1.165) is 12.5 Å². The average molecular weight is 211 g/mol. The van der Waals surface area contributed by atoms with E-state index >= 15 is 0 Å². The monoisotopic (exact) mass is 211 g/mol. The van der Waals surface area contributed by atoms with E-state index in [1.165, 1.54) is 44.9 Å². The zero-order valence-corrected chi connectivity index (χ0v) is 10.2. The summed E-state index contributed by atoms with van der Waals surface area (Å²) in [6, 6.07) is 0.603. The van der Waals surface area contributed by atoms with Crippen LogP contribution in [-0.4, -0.2) is 25.3 Å². The summed E-state index contributed by atoms with van der Waals surface area (Å²) in [6.07, 6.45) is 9.54. The van der Waals surface area contributed by atoms with E-state index in [2.05, 4.69) is 12.2 Å². The Kier molecular flexibility index (Phi) is 3.68. The van der Waals surface area contributed by atoms with Gasteiger partial charge in [0, 0.05) is 13.2 Å². The molecule has 2 saturated carbocycles. The fourth-order valence-electron chi connectivity index (χ4n) is 3.01. The van der Waals surface area contributed by atoms with Gasteiger partial charge in [0.2, 0.25) is 0 Å². The molecular weight excluding hydrogens is 186 g/mol. The Morgan fingerprint density at radius 3 is 2.40 bits per heavy atom. The zero-order valence-electron chi connectivity index (χ0n) is 10.2. The summed E-state index contributed by atoms with van der Waals surface area (Å²) >= 11 is 0. The molecule has 2 nitrogen and oxygen atoms in total. The fourth-order valence-corrected chi connectivity index (χ4v) is 3.01. The highest BCUT2D eigenvalue weighted by Gasteiger charge is 2.45. The van der Waals surface area contributed by atoms with Gasteiger partial charge in [-0.05, 0) is 38.1 Å². The Morgan fingerprint density at radius 2 is 2.07 bits per heavy atom. The van der Waals surface area contributed by atoms with Gasteiger partial charge in [0.15, 0.2) is 0 Å². The van der Waals surface area contributed by atoms with Crippen molar-refractivity contribution in [1.29, 1.82) is 0 Å². The van der Waals surface area contributed by atoms with Crippen LogP contribution in [0.25, 0.3) is 0 Å². The minimum atomic E-state index is 0.186. The predicted octanol–water partition coefficient (Wildman–Crippen LogP) is 2.72. The van der Waals surface area contributed by atoms with Crippen molar-refractivity contribution in [3.63, 3.8) is 0 Å². The highest BCUT2D eigenvalue weighted by molar-refractivity contribution is 5.00. The normalized spacial score (nSPS) is 26.8. The topological polar surface area (TPSA) is 21.3 Å². The van der Waals surface area contributed by atoms with Crippen molar-refractivity contribution in [3.05, 3.63) is 0 Å². The van der Waals surface area contributed by atoms with Crippen LogP contribution in [0.2, 0.25) is 0 Å². The van der Waals surface area contributed by atoms with Gasteiger partial charge in [0.1, 0.15) is 0 Å². The lowest BCUT2D eigenvalue weighted by atomic mass is 9.69. The first-order chi connectivity index (χ1) is 7.30. The SMILES string of the molecule is CCNC(CC1CCC1)C1(OC)CCC1. The number of ether oxygens (including phenoxy) is 1. The fraction of sp³-hybridized carbons (Fsp3) is 1.00. The summed E-state index contributed by atoms with van der Waals surface area (Å²) < 4.78 is 5.80. The molecule has 88 valence electrons. The van der Waals surface area contributed by atoms with Crippen molar-refractivity contribution in [2.45, 2.75) is 63.5 Å². The summed E-state index contributed by atoms with van der Waals surface area (Å²) in [4.78, 5) is 0. The summed E-state index contributed by atoms with van der Waals surface area (Å²) in [5.41, 5.74) is 0.186. The molecule has 1 atom stereocenters. The first-order valence-electron chi connectivity index (χ1n) is 6.59. The van der Waals surface area contributed by atoms with Crippen molar-refractivity contribution < 1.29 is 4.74 Å². The van der Waals surface area contributed by atoms with Gasteiger partial charge in [-0.1, -0.05) is 26.2 Å². The largest absolute Gasteiger partial charge is 0.377 e. The van der Waals surface area contributed by atoms with E-state index in [0.29, 0.717) is 6.04 Å². The molecule has 0 amide bonds. The number of methoxy groups -OCH3 is 1. The molecule has 15 heavy (non-hydrogen) atoms. The number of hydrogen-bond acceptors (Lipinski definition) is 2. The van der Waals surface area contributed by atoms with Crippen LogP contribution >= 0.6 is 0 Å². The third-order valence-corrected chi connectivity index (χ3v) is 4.49. The Bertz CT molecular complexity index is 191. The van der Waals surface area contributed by atoms with Crippen LogP contribution in [-0.2, 0) is 4.74 Å². The summed E-state index contributed by atoms with van der Waals surface area (Å²) in [7, 11) is 1.89. The zero-order chi connectivity index (χ0) is 10.7. The van der Waals surface area contributed by atoms with Crippen LogP contribution in [0.5, 0.6) is 0 Å². The van der Waals surface area contributed by atoms with Crippen LogP contribution in [0.4, 0.5) is 0 Å². The van der Waals surface area contributed by atoms with Crippen LogP contribution in [0.3, 0.4) is 0 Å². The third-order valence-electron chi connectivity index (χ3n) is 4.49. The minimum absolute atomic E-state index is 0.186. The molecule has 0 aliphatic heterocycles. The van der Waals surface area contributed by atoms with E-state index in [4.69, 9.17) is 4.74 Å². The summed E-state index contributed by atoms with van der Waals surface area (Å²) in [5.74, 6) is 0.974. The van der Waals surface area contributed by atoms with Gasteiger partial charge in [0.05, 0.1) is 5.60 Å². The van der Waals surface area contributed by atoms with Gasteiger partial charge < -0.3 is 10.1 Å². The smallest absolute Gasteiger partial charge is 0.0831 e. The van der Waals surface area contributed by atoms with Gasteiger partial charge in [-0.2, -0.15) is 0 Å². The molecule has 0 bridgehead atoms. The molecule has 2 aliphatic carbocycles. The maximum absolute atomic E-state index is 5.80. The Hall–Kier alpha value is -0.0800. The highest BCUT2D eigenvalue weighted by atomic mass is 16.5. The number of hydrogen-bond donors (Lipinski definition) is 1. The summed E-state index contributed by atoms with van der Waals surface area (Å²) in [5, 5.41) is 3.65. The van der Waals surface area contributed by atoms with Crippen molar-refractivity contribution >= 4 is 0 Å². The van der Waals surface area contributed by atoms with Crippen molar-refractivity contribution in [3.8, 4) is 0 Å². The quantitative estimate of drug-likeness (QED) is 0.729. The van der Waals surface area contributed by atoms with Crippen LogP contribution in [0, 0.1) is 5.92 Å². The van der Waals surface area contributed by atoms with Crippen molar-refractivity contribution in [1.82, 2.24) is 5.32 Å². The molecule has 2 fully saturated rings. The van der Waals surface area contributed by atoms with E-state index in [1.807, 2.05) is 7.11 Å². The molecule has 0 aromatic heterocycles. The Balaban J connectivity index is 1.90. The van der Waals surface area contributed by atoms with Gasteiger partial charge in [-0.25, -0.2) is 0 Å².